The third kappa shape index (κ3) is 4.11. The molecule has 0 unspecified atom stereocenters. The Hall–Kier alpha value is -1.48. The summed E-state index contributed by atoms with van der Waals surface area (Å²) in [4.78, 5) is 0. The summed E-state index contributed by atoms with van der Waals surface area (Å²) >= 11 is 0. The van der Waals surface area contributed by atoms with Gasteiger partial charge in [-0.15, -0.1) is 0 Å². The molecule has 3 heteroatoms. The van der Waals surface area contributed by atoms with Crippen molar-refractivity contribution in [1.29, 1.82) is 0 Å². The fourth-order valence-corrected chi connectivity index (χ4v) is 2.17. The molecule has 0 aliphatic carbocycles. The number of methoxy groups -OCH3 is 1. The number of hydrogen-bond donors (Lipinski definition) is 0. The first-order chi connectivity index (χ1) is 7.98. The molecule has 0 bridgehead atoms. The van der Waals surface area contributed by atoms with E-state index in [1.807, 2.05) is 30.3 Å². The maximum Gasteiger partial charge on any atom is 0.273 e. The lowest BCUT2D eigenvalue weighted by atomic mass is 10.1. The highest BCUT2D eigenvalue weighted by Crippen LogP contribution is 2.23. The Kier molecular flexibility index (Phi) is 4.58. The highest BCUT2D eigenvalue weighted by Gasteiger charge is 2.20. The second-order valence-electron chi connectivity index (χ2n) is 4.69. The van der Waals surface area contributed by atoms with Gasteiger partial charge in [0, 0.05) is 0 Å². The Morgan fingerprint density at radius 1 is 1.18 bits per heavy atom. The summed E-state index contributed by atoms with van der Waals surface area (Å²) in [5, 5.41) is 0. The van der Waals surface area contributed by atoms with Gasteiger partial charge in [0.05, 0.1) is 12.7 Å². The summed E-state index contributed by atoms with van der Waals surface area (Å²) < 4.78 is 11.3. The van der Waals surface area contributed by atoms with Crippen LogP contribution in [0.4, 0.5) is 0 Å². The summed E-state index contributed by atoms with van der Waals surface area (Å²) in [5.41, 5.74) is 1.95. The topological polar surface area (TPSA) is 18.5 Å². The smallest absolute Gasteiger partial charge is 0.273 e. The van der Waals surface area contributed by atoms with Gasteiger partial charge in [-0.3, -0.25) is 0 Å². The van der Waals surface area contributed by atoms with Crippen LogP contribution < -0.4 is 0 Å². The normalized spacial score (nSPS) is 12.7. The van der Waals surface area contributed by atoms with E-state index in [2.05, 4.69) is 26.2 Å². The molecule has 2 nitrogen and oxygen atoms in total. The van der Waals surface area contributed by atoms with Gasteiger partial charge in [0.15, 0.2) is 0 Å². The lowest BCUT2D eigenvalue weighted by molar-refractivity contribution is 0.150. The zero-order valence-corrected chi connectivity index (χ0v) is 12.0. The van der Waals surface area contributed by atoms with Crippen molar-refractivity contribution >= 4 is 13.9 Å². The average molecular weight is 248 g/mol. The number of allylic oxidation sites excluding steroid dienone is 2. The maximum absolute atomic E-state index is 5.92. The highest BCUT2D eigenvalue weighted by molar-refractivity contribution is 6.70. The monoisotopic (exact) mass is 248 g/mol. The van der Waals surface area contributed by atoms with Crippen LogP contribution in [0.3, 0.4) is 0 Å². The van der Waals surface area contributed by atoms with E-state index in [9.17, 15) is 0 Å². The van der Waals surface area contributed by atoms with Crippen molar-refractivity contribution in [1.82, 2.24) is 0 Å². The average Bonchev–Trinajstić information content (AvgIpc) is 2.28. The molecule has 0 radical (unpaired) electrons. The molecule has 0 heterocycles. The van der Waals surface area contributed by atoms with Crippen molar-refractivity contribution < 1.29 is 9.16 Å². The first-order valence-electron chi connectivity index (χ1n) is 5.63. The Labute approximate surface area is 105 Å². The minimum atomic E-state index is -1.68. The second kappa shape index (κ2) is 5.73. The number of rotatable bonds is 5. The molecule has 92 valence electrons. The van der Waals surface area contributed by atoms with Crippen LogP contribution in [0, 0.1) is 0 Å². The molecular formula is C14H20O2Si. The molecule has 17 heavy (non-hydrogen) atoms. The van der Waals surface area contributed by atoms with Crippen LogP contribution in [0.15, 0.2) is 48.9 Å². The molecule has 0 aromatic heterocycles. The molecule has 0 N–H and O–H groups in total. The maximum atomic E-state index is 5.92. The quantitative estimate of drug-likeness (QED) is 0.445. The van der Waals surface area contributed by atoms with Gasteiger partial charge in [0.1, 0.15) is 0 Å². The minimum absolute atomic E-state index is 0.561. The summed E-state index contributed by atoms with van der Waals surface area (Å²) in [6, 6.07) is 9.99. The lowest BCUT2D eigenvalue weighted by Gasteiger charge is -2.22. The Bertz CT molecular complexity index is 402. The van der Waals surface area contributed by atoms with Crippen LogP contribution in [0.25, 0.3) is 5.57 Å². The number of benzene rings is 1. The SMILES string of the molecule is C=CC(=C(OC)O[Si](C)(C)C)c1ccccc1. The molecule has 1 aromatic rings. The zero-order chi connectivity index (χ0) is 12.9. The van der Waals surface area contributed by atoms with Crippen molar-refractivity contribution in [2.45, 2.75) is 19.6 Å². The van der Waals surface area contributed by atoms with Crippen LogP contribution in [0.1, 0.15) is 5.56 Å². The Morgan fingerprint density at radius 2 is 1.76 bits per heavy atom. The molecule has 0 aliphatic rings. The first kappa shape index (κ1) is 13.6. The second-order valence-corrected chi connectivity index (χ2v) is 9.12. The van der Waals surface area contributed by atoms with Crippen molar-refractivity contribution in [3.8, 4) is 0 Å². The van der Waals surface area contributed by atoms with Gasteiger partial charge in [-0.25, -0.2) is 0 Å². The minimum Gasteiger partial charge on any atom is -0.519 e. The number of ether oxygens (including phenoxy) is 1. The highest BCUT2D eigenvalue weighted by atomic mass is 28.4. The lowest BCUT2D eigenvalue weighted by Crippen LogP contribution is -2.25. The predicted octanol–water partition coefficient (Wildman–Crippen LogP) is 4.04. The van der Waals surface area contributed by atoms with Gasteiger partial charge in [0.2, 0.25) is 8.32 Å². The van der Waals surface area contributed by atoms with Crippen molar-refractivity contribution in [2.24, 2.45) is 0 Å². The molecule has 1 aromatic carbocycles. The van der Waals surface area contributed by atoms with Gasteiger partial charge in [-0.05, 0) is 25.2 Å². The molecular weight excluding hydrogens is 228 g/mol. The van der Waals surface area contributed by atoms with Crippen molar-refractivity contribution in [3.63, 3.8) is 0 Å². The third-order valence-corrected chi connectivity index (χ3v) is 2.89. The van der Waals surface area contributed by atoms with E-state index in [-0.39, 0.29) is 0 Å². The van der Waals surface area contributed by atoms with E-state index < -0.39 is 8.32 Å². The van der Waals surface area contributed by atoms with Crippen molar-refractivity contribution in [3.05, 3.63) is 54.5 Å². The molecule has 0 saturated carbocycles. The van der Waals surface area contributed by atoms with Gasteiger partial charge < -0.3 is 9.16 Å². The van der Waals surface area contributed by atoms with E-state index in [0.29, 0.717) is 5.95 Å². The summed E-state index contributed by atoms with van der Waals surface area (Å²) in [6.45, 7) is 10.2. The molecule has 0 fully saturated rings. The van der Waals surface area contributed by atoms with Crippen LogP contribution in [0.5, 0.6) is 0 Å². The third-order valence-electron chi connectivity index (χ3n) is 2.09. The van der Waals surface area contributed by atoms with Crippen LogP contribution in [0.2, 0.25) is 19.6 Å². The molecule has 0 saturated heterocycles. The van der Waals surface area contributed by atoms with Crippen LogP contribution in [-0.4, -0.2) is 15.4 Å². The fourth-order valence-electron chi connectivity index (χ4n) is 1.42. The van der Waals surface area contributed by atoms with E-state index in [4.69, 9.17) is 9.16 Å². The predicted molar refractivity (Wildman–Crippen MR) is 75.0 cm³/mol. The molecule has 0 atom stereocenters. The van der Waals surface area contributed by atoms with Gasteiger partial charge >= 0.3 is 0 Å². The molecule has 0 amide bonds. The number of hydrogen-bond acceptors (Lipinski definition) is 2. The van der Waals surface area contributed by atoms with E-state index >= 15 is 0 Å². The summed E-state index contributed by atoms with van der Waals surface area (Å²) in [5.74, 6) is 0.561. The molecule has 0 aliphatic heterocycles. The standard InChI is InChI=1S/C14H20O2Si/c1-6-13(12-10-8-7-9-11-12)14(15-2)16-17(3,4)5/h6-11H,1H2,2-5H3. The van der Waals surface area contributed by atoms with Gasteiger partial charge in [-0.2, -0.15) is 0 Å². The first-order valence-corrected chi connectivity index (χ1v) is 9.04. The molecule has 0 spiro atoms. The Balaban J connectivity index is 3.16. The largest absolute Gasteiger partial charge is 0.519 e. The summed E-state index contributed by atoms with van der Waals surface area (Å²) in [6.07, 6.45) is 1.77. The van der Waals surface area contributed by atoms with E-state index in [0.717, 1.165) is 11.1 Å². The van der Waals surface area contributed by atoms with Gasteiger partial charge in [0.25, 0.3) is 5.95 Å². The fraction of sp³-hybridized carbons (Fsp3) is 0.286. The molecule has 1 rings (SSSR count). The zero-order valence-electron chi connectivity index (χ0n) is 11.0. The summed E-state index contributed by atoms with van der Waals surface area (Å²) in [7, 11) is -0.0569. The van der Waals surface area contributed by atoms with E-state index in [1.54, 1.807) is 13.2 Å². The van der Waals surface area contributed by atoms with Crippen LogP contribution in [-0.2, 0) is 9.16 Å². The Morgan fingerprint density at radius 3 is 2.18 bits per heavy atom. The van der Waals surface area contributed by atoms with Crippen LogP contribution >= 0.6 is 0 Å². The van der Waals surface area contributed by atoms with Gasteiger partial charge in [-0.1, -0.05) is 43.0 Å². The van der Waals surface area contributed by atoms with Crippen molar-refractivity contribution in [2.75, 3.05) is 7.11 Å². The van der Waals surface area contributed by atoms with E-state index in [1.165, 1.54) is 0 Å².